The van der Waals surface area contributed by atoms with E-state index >= 15 is 0 Å². The molecule has 0 saturated carbocycles. The van der Waals surface area contributed by atoms with Gasteiger partial charge in [0.2, 0.25) is 0 Å². The standard InChI is InChI=1S/C12H13NO2.C2H6/c1-12(9-14,13-2)8-11(15)10-6-4-3-5-7-10;1-2/h3-7,14H,8-9H2,1H3;1-2H3. The van der Waals surface area contributed by atoms with Crippen LogP contribution in [-0.2, 0) is 0 Å². The number of hydrogen-bond donors (Lipinski definition) is 1. The van der Waals surface area contributed by atoms with Crippen molar-refractivity contribution in [1.29, 1.82) is 0 Å². The first-order valence-corrected chi connectivity index (χ1v) is 5.69. The van der Waals surface area contributed by atoms with Gasteiger partial charge in [-0.2, -0.15) is 0 Å². The predicted molar refractivity (Wildman–Crippen MR) is 68.8 cm³/mol. The molecular weight excluding hydrogens is 214 g/mol. The quantitative estimate of drug-likeness (QED) is 0.641. The molecule has 0 amide bonds. The maximum absolute atomic E-state index is 11.7. The first-order chi connectivity index (χ1) is 8.11. The number of aliphatic hydroxyl groups is 1. The van der Waals surface area contributed by atoms with Crippen LogP contribution in [0.1, 0.15) is 37.6 Å². The molecule has 0 bridgehead atoms. The summed E-state index contributed by atoms with van der Waals surface area (Å²) < 4.78 is 0. The Morgan fingerprint density at radius 1 is 1.35 bits per heavy atom. The Bertz CT molecular complexity index is 381. The fourth-order valence-corrected chi connectivity index (χ4v) is 1.20. The minimum absolute atomic E-state index is 0.0526. The summed E-state index contributed by atoms with van der Waals surface area (Å²) in [5, 5.41) is 9.02. The molecule has 0 saturated heterocycles. The smallest absolute Gasteiger partial charge is 0.259 e. The van der Waals surface area contributed by atoms with E-state index in [4.69, 9.17) is 11.7 Å². The van der Waals surface area contributed by atoms with Gasteiger partial charge in [0, 0.05) is 12.5 Å². The molecule has 1 aromatic rings. The number of ketones is 1. The van der Waals surface area contributed by atoms with Crippen LogP contribution in [0.25, 0.3) is 4.85 Å². The van der Waals surface area contributed by atoms with Crippen LogP contribution < -0.4 is 0 Å². The SMILES string of the molecule is CC.[C-]#[N+]C(C)(CO)CC(=O)c1ccccc1. The third kappa shape index (κ3) is 4.80. The van der Waals surface area contributed by atoms with Crippen LogP contribution in [0.4, 0.5) is 0 Å². The first kappa shape index (κ1) is 15.3. The molecular formula is C14H19NO2. The zero-order valence-electron chi connectivity index (χ0n) is 10.6. The van der Waals surface area contributed by atoms with Crippen LogP contribution in [0.2, 0.25) is 0 Å². The largest absolute Gasteiger partial charge is 0.388 e. The topological polar surface area (TPSA) is 41.7 Å². The van der Waals surface area contributed by atoms with E-state index < -0.39 is 5.54 Å². The molecule has 0 fully saturated rings. The van der Waals surface area contributed by atoms with E-state index in [1.807, 2.05) is 19.9 Å². The van der Waals surface area contributed by atoms with Gasteiger partial charge in [-0.1, -0.05) is 44.2 Å². The van der Waals surface area contributed by atoms with Crippen LogP contribution in [-0.4, -0.2) is 23.0 Å². The molecule has 0 spiro atoms. The molecule has 0 heterocycles. The highest BCUT2D eigenvalue weighted by molar-refractivity contribution is 5.96. The number of hydrogen-bond acceptors (Lipinski definition) is 2. The predicted octanol–water partition coefficient (Wildman–Crippen LogP) is 2.96. The number of Topliss-reactive ketones (excluding diaryl/α,β-unsaturated/α-hetero) is 1. The number of nitrogens with zero attached hydrogens (tertiary/aromatic N) is 1. The number of benzene rings is 1. The van der Waals surface area contributed by atoms with Crippen LogP contribution >= 0.6 is 0 Å². The molecule has 1 atom stereocenters. The van der Waals surface area contributed by atoms with Crippen LogP contribution in [0.15, 0.2) is 30.3 Å². The van der Waals surface area contributed by atoms with Gasteiger partial charge in [-0.25, -0.2) is 6.57 Å². The van der Waals surface area contributed by atoms with Gasteiger partial charge >= 0.3 is 0 Å². The summed E-state index contributed by atoms with van der Waals surface area (Å²) in [4.78, 5) is 15.0. The third-order valence-corrected chi connectivity index (χ3v) is 2.25. The zero-order valence-corrected chi connectivity index (χ0v) is 10.6. The van der Waals surface area contributed by atoms with Crippen molar-refractivity contribution in [2.45, 2.75) is 32.7 Å². The van der Waals surface area contributed by atoms with Crippen LogP contribution in [0, 0.1) is 6.57 Å². The molecule has 17 heavy (non-hydrogen) atoms. The third-order valence-electron chi connectivity index (χ3n) is 2.25. The Labute approximate surface area is 103 Å². The number of aliphatic hydroxyl groups excluding tert-OH is 1. The Kier molecular flexibility index (Phi) is 6.85. The molecule has 1 rings (SSSR count). The molecule has 0 aliphatic heterocycles. The molecule has 0 aromatic heterocycles. The second kappa shape index (κ2) is 7.59. The fourth-order valence-electron chi connectivity index (χ4n) is 1.20. The second-order valence-corrected chi connectivity index (χ2v) is 3.73. The summed E-state index contributed by atoms with van der Waals surface area (Å²) in [5.41, 5.74) is -0.409. The lowest BCUT2D eigenvalue weighted by Gasteiger charge is -2.12. The van der Waals surface area contributed by atoms with Gasteiger partial charge in [0.25, 0.3) is 5.54 Å². The van der Waals surface area contributed by atoms with E-state index in [9.17, 15) is 4.79 Å². The number of carbonyl (C=O) groups is 1. The minimum atomic E-state index is -0.993. The van der Waals surface area contributed by atoms with Gasteiger partial charge in [-0.05, 0) is 0 Å². The highest BCUT2D eigenvalue weighted by Gasteiger charge is 2.32. The second-order valence-electron chi connectivity index (χ2n) is 3.73. The summed E-state index contributed by atoms with van der Waals surface area (Å²) in [7, 11) is 0. The molecule has 3 nitrogen and oxygen atoms in total. The van der Waals surface area contributed by atoms with Crippen molar-refractivity contribution in [3.8, 4) is 0 Å². The number of carbonyl (C=O) groups excluding carboxylic acids is 1. The van der Waals surface area contributed by atoms with Crippen molar-refractivity contribution >= 4 is 5.78 Å². The molecule has 92 valence electrons. The fraction of sp³-hybridized carbons (Fsp3) is 0.429. The monoisotopic (exact) mass is 233 g/mol. The van der Waals surface area contributed by atoms with Gasteiger partial charge in [0.1, 0.15) is 6.61 Å². The summed E-state index contributed by atoms with van der Waals surface area (Å²) in [6.07, 6.45) is 0.0526. The van der Waals surface area contributed by atoms with Gasteiger partial charge < -0.3 is 9.95 Å². The van der Waals surface area contributed by atoms with Crippen molar-refractivity contribution in [2.75, 3.05) is 6.61 Å². The molecule has 1 aromatic carbocycles. The minimum Gasteiger partial charge on any atom is -0.388 e. The average molecular weight is 233 g/mol. The first-order valence-electron chi connectivity index (χ1n) is 5.69. The van der Waals surface area contributed by atoms with Crippen LogP contribution in [0.3, 0.4) is 0 Å². The van der Waals surface area contributed by atoms with E-state index in [2.05, 4.69) is 4.85 Å². The average Bonchev–Trinajstić information content (AvgIpc) is 2.42. The summed E-state index contributed by atoms with van der Waals surface area (Å²) in [6, 6.07) is 8.81. The van der Waals surface area contributed by atoms with E-state index in [0.717, 1.165) is 0 Å². The summed E-state index contributed by atoms with van der Waals surface area (Å²) >= 11 is 0. The maximum atomic E-state index is 11.7. The van der Waals surface area contributed by atoms with Crippen LogP contribution in [0.5, 0.6) is 0 Å². The molecule has 0 aliphatic rings. The van der Waals surface area contributed by atoms with Crippen molar-refractivity contribution in [1.82, 2.24) is 0 Å². The van der Waals surface area contributed by atoms with Gasteiger partial charge in [-0.3, -0.25) is 4.79 Å². The van der Waals surface area contributed by atoms with Crippen molar-refractivity contribution in [3.63, 3.8) is 0 Å². The highest BCUT2D eigenvalue weighted by Crippen LogP contribution is 2.17. The normalized spacial score (nSPS) is 12.6. The van der Waals surface area contributed by atoms with E-state index in [1.165, 1.54) is 0 Å². The lowest BCUT2D eigenvalue weighted by atomic mass is 9.94. The van der Waals surface area contributed by atoms with Crippen molar-refractivity contribution in [3.05, 3.63) is 47.3 Å². The van der Waals surface area contributed by atoms with E-state index in [1.54, 1.807) is 31.2 Å². The molecule has 0 radical (unpaired) electrons. The Morgan fingerprint density at radius 2 is 1.88 bits per heavy atom. The summed E-state index contributed by atoms with van der Waals surface area (Å²) in [5.74, 6) is -0.108. The lowest BCUT2D eigenvalue weighted by Crippen LogP contribution is -2.28. The zero-order chi connectivity index (χ0) is 13.3. The Balaban J connectivity index is 0.00000121. The molecule has 1 unspecified atom stereocenters. The highest BCUT2D eigenvalue weighted by atomic mass is 16.3. The number of rotatable bonds is 4. The maximum Gasteiger partial charge on any atom is 0.259 e. The summed E-state index contributed by atoms with van der Waals surface area (Å²) in [6.45, 7) is 12.2. The Hall–Kier alpha value is -1.66. The molecule has 3 heteroatoms. The Morgan fingerprint density at radius 3 is 2.29 bits per heavy atom. The molecule has 1 N–H and O–H groups in total. The molecule has 0 aliphatic carbocycles. The van der Waals surface area contributed by atoms with E-state index in [0.29, 0.717) is 5.56 Å². The van der Waals surface area contributed by atoms with Gasteiger partial charge in [0.15, 0.2) is 5.78 Å². The van der Waals surface area contributed by atoms with Gasteiger partial charge in [0.05, 0.1) is 6.42 Å². The van der Waals surface area contributed by atoms with Crippen molar-refractivity contribution < 1.29 is 9.90 Å². The lowest BCUT2D eigenvalue weighted by molar-refractivity contribution is 0.0942. The van der Waals surface area contributed by atoms with Crippen molar-refractivity contribution in [2.24, 2.45) is 0 Å². The van der Waals surface area contributed by atoms with Gasteiger partial charge in [-0.15, -0.1) is 0 Å². The van der Waals surface area contributed by atoms with E-state index in [-0.39, 0.29) is 18.8 Å².